The van der Waals surface area contributed by atoms with Crippen molar-refractivity contribution in [2.75, 3.05) is 57.9 Å². The average molecular weight is 1750 g/mol. The Hall–Kier alpha value is -8.29. The zero-order valence-corrected chi connectivity index (χ0v) is 75.4. The van der Waals surface area contributed by atoms with Crippen molar-refractivity contribution in [1.82, 2.24) is 67.9 Å². The van der Waals surface area contributed by atoms with Gasteiger partial charge in [0.05, 0.1) is 36.8 Å². The summed E-state index contributed by atoms with van der Waals surface area (Å²) in [5.74, 6) is -4.20. The number of hydrogen-bond donors (Lipinski definition) is 13. The fourth-order valence-electron chi connectivity index (χ4n) is 21.9. The van der Waals surface area contributed by atoms with Crippen molar-refractivity contribution in [3.05, 3.63) is 120 Å². The van der Waals surface area contributed by atoms with E-state index >= 15 is 24.0 Å². The minimum absolute atomic E-state index is 0.0483. The van der Waals surface area contributed by atoms with Gasteiger partial charge in [-0.15, -0.1) is 0 Å². The summed E-state index contributed by atoms with van der Waals surface area (Å²) in [5, 5.41) is 61.1. The number of rotatable bonds is 28. The molecule has 124 heavy (non-hydrogen) atoms. The van der Waals surface area contributed by atoms with Crippen molar-refractivity contribution in [3.63, 3.8) is 0 Å². The lowest BCUT2D eigenvalue weighted by Gasteiger charge is -2.58. The van der Waals surface area contributed by atoms with Crippen LogP contribution in [-0.4, -0.2) is 238 Å². The first kappa shape index (κ1) is 94.8. The van der Waals surface area contributed by atoms with E-state index in [1.807, 2.05) is 31.4 Å². The van der Waals surface area contributed by atoms with Crippen molar-refractivity contribution >= 4 is 86.8 Å². The van der Waals surface area contributed by atoms with Gasteiger partial charge in [-0.25, -0.2) is 4.79 Å². The number of carbonyl (C=O) groups is 11. The fourth-order valence-corrected chi connectivity index (χ4v) is 24.2. The number of carbonyl (C=O) groups excluding carboxylic acids is 11. The van der Waals surface area contributed by atoms with Crippen LogP contribution in [0, 0.1) is 58.2 Å². The molecule has 5 aliphatic heterocycles. The van der Waals surface area contributed by atoms with E-state index in [9.17, 15) is 44.1 Å². The Balaban J connectivity index is 0.777. The Bertz CT molecular complexity index is 4190. The summed E-state index contributed by atoms with van der Waals surface area (Å²) in [6.07, 6.45) is 24.0. The molecule has 28 nitrogen and oxygen atoms in total. The van der Waals surface area contributed by atoms with Gasteiger partial charge in [0.25, 0.3) is 0 Å². The van der Waals surface area contributed by atoms with Crippen LogP contribution in [0.5, 0.6) is 0 Å². The van der Waals surface area contributed by atoms with Crippen LogP contribution in [0.25, 0.3) is 0 Å². The molecule has 7 fully saturated rings. The normalized spacial score (nSPS) is 31.9. The predicted molar refractivity (Wildman–Crippen MR) is 477 cm³/mol. The monoisotopic (exact) mass is 1750 g/mol. The Labute approximate surface area is 739 Å². The molecule has 2 aromatic rings. The highest BCUT2D eigenvalue weighted by Gasteiger charge is 2.60. The highest BCUT2D eigenvalue weighted by molar-refractivity contribution is 8.76. The van der Waals surface area contributed by atoms with Crippen LogP contribution in [0.4, 0.5) is 4.79 Å². The number of benzene rings is 2. The van der Waals surface area contributed by atoms with Crippen LogP contribution in [0.3, 0.4) is 0 Å². The van der Waals surface area contributed by atoms with Gasteiger partial charge in [-0.1, -0.05) is 172 Å². The second kappa shape index (κ2) is 43.9. The summed E-state index contributed by atoms with van der Waals surface area (Å²) >= 11 is 0. The van der Waals surface area contributed by atoms with Crippen molar-refractivity contribution in [1.29, 1.82) is 0 Å². The maximum absolute atomic E-state index is 15.6. The molecule has 5 heterocycles. The van der Waals surface area contributed by atoms with E-state index in [-0.39, 0.29) is 111 Å². The van der Waals surface area contributed by atoms with Crippen LogP contribution in [0.1, 0.15) is 194 Å². The van der Waals surface area contributed by atoms with Crippen molar-refractivity contribution < 1.29 is 72.8 Å². The van der Waals surface area contributed by atoms with Crippen molar-refractivity contribution in [2.45, 2.75) is 281 Å². The number of ether oxygens (including phenoxy) is 1. The number of aliphatic hydroxyl groups excluding tert-OH is 3. The molecule has 13 N–H and O–H groups in total. The molecular formula is C94H137N13O15S2. The molecule has 22 unspecified atom stereocenters. The molecule has 2 aromatic carbocycles. The number of nitrogens with zero attached hydrogens (tertiary/aromatic N) is 3. The first-order valence-electron chi connectivity index (χ1n) is 46.0. The molecule has 0 radical (unpaired) electrons. The summed E-state index contributed by atoms with van der Waals surface area (Å²) in [6.45, 7) is 16.4. The Morgan fingerprint density at radius 2 is 1.32 bits per heavy atom. The number of hydrogen-bond acceptors (Lipinski definition) is 19. The number of piperidine rings is 1. The number of amides is 11. The summed E-state index contributed by atoms with van der Waals surface area (Å²) in [6, 6.07) is 3.82. The van der Waals surface area contributed by atoms with Crippen molar-refractivity contribution in [3.8, 4) is 0 Å². The second-order valence-corrected chi connectivity index (χ2v) is 40.5. The summed E-state index contributed by atoms with van der Waals surface area (Å²) in [5.41, 5.74) is 3.75. The molecule has 23 atom stereocenters. The minimum atomic E-state index is -1.79. The van der Waals surface area contributed by atoms with Crippen LogP contribution in [-0.2, 0) is 65.5 Å². The number of likely N-dealkylation sites (tertiary alicyclic amines) is 3. The van der Waals surface area contributed by atoms with E-state index in [4.69, 9.17) is 4.74 Å². The topological polar surface area (TPSA) is 388 Å². The van der Waals surface area contributed by atoms with Crippen LogP contribution in [0.15, 0.2) is 108 Å². The quantitative estimate of drug-likeness (QED) is 0.0229. The number of allylic oxidation sites excluding steroid dienone is 3. The maximum atomic E-state index is 15.6. The minimum Gasteiger partial charge on any atom is -0.446 e. The largest absolute Gasteiger partial charge is 0.446 e. The Morgan fingerprint density at radius 3 is 2.03 bits per heavy atom. The lowest BCUT2D eigenvalue weighted by Crippen LogP contribution is -2.62. The van der Waals surface area contributed by atoms with Crippen LogP contribution in [0.2, 0.25) is 0 Å². The molecule has 0 bridgehead atoms. The molecule has 12 rings (SSSR count). The van der Waals surface area contributed by atoms with Gasteiger partial charge in [0, 0.05) is 62.9 Å². The average Bonchev–Trinajstić information content (AvgIpc) is 1.42. The summed E-state index contributed by atoms with van der Waals surface area (Å²) in [4.78, 5) is 170. The van der Waals surface area contributed by atoms with E-state index in [1.165, 1.54) is 69.3 Å². The molecule has 5 aliphatic carbocycles. The standard InChI is InChI=1S/C94H137N13O15S2/c1-56(2)23-19-24-57(3)68-37-38-69-67-36-35-64-50-65(39-41-93(64,6)70(67)40-42-94(68,69)7)122-92(121)95-43-18-17-32-72-82(111)104-81(59(5)110)89(118)103-78(87(116)101-76(53-108)58(4)109)55-124-123-54-77(86(115)98-73(47-60-25-11-9-12-26-60)83(112)99-75(85(114)97-72)49-63-51-96-71-31-16-15-30-66(63)71)102-84(113)74(48-61-27-13-10-14-28-61)100-88(117)79-33-21-45-106(79)91(120)80-34-22-46-107(80)90(119)62-29-20-44-105(8)52-62/h9-16,25-28,30-31,35,51,56-59,62,65-81,96,108-110H,17-24,29,32-34,36-50,52-55H2,1-8H3,(H,95,121)(H,97,114)(H,98,115)(H,99,112)(H,100,117)(H,101,116)(H,102,113)(H,103,118)(H,104,111)/t57?,58?,59?,62?,65-,66?,67?,68?,69?,70?,71?,72?,73?,74?,75?,76?,77?,78?,79?,80?,81?,93?,94?/m0/s1. The predicted octanol–water partition coefficient (Wildman–Crippen LogP) is 7.12. The molecule has 0 spiro atoms. The molecule has 10 aliphatic rings. The maximum Gasteiger partial charge on any atom is 0.407 e. The molecule has 3 saturated carbocycles. The van der Waals surface area contributed by atoms with Gasteiger partial charge < -0.3 is 87.9 Å². The molecular weight excluding hydrogens is 1620 g/mol. The smallest absolute Gasteiger partial charge is 0.407 e. The molecule has 0 aromatic heterocycles. The number of aliphatic hydroxyl groups is 3. The second-order valence-electron chi connectivity index (χ2n) is 38.0. The molecule has 4 saturated heterocycles. The van der Waals surface area contributed by atoms with Gasteiger partial charge in [0.15, 0.2) is 0 Å². The molecule has 680 valence electrons. The molecule has 30 heteroatoms. The third-order valence-corrected chi connectivity index (χ3v) is 31.3. The molecule has 11 amide bonds. The number of fused-ring (bicyclic) bond motifs is 6. The highest BCUT2D eigenvalue weighted by atomic mass is 33.1. The van der Waals surface area contributed by atoms with E-state index < -0.39 is 133 Å². The van der Waals surface area contributed by atoms with Gasteiger partial charge in [-0.2, -0.15) is 0 Å². The first-order chi connectivity index (χ1) is 59.5. The Kier molecular flexibility index (Phi) is 33.6. The zero-order valence-electron chi connectivity index (χ0n) is 73.8. The first-order valence-corrected chi connectivity index (χ1v) is 48.4. The highest BCUT2D eigenvalue weighted by Crippen LogP contribution is 2.67. The van der Waals surface area contributed by atoms with Gasteiger partial charge >= 0.3 is 6.09 Å². The fraction of sp³-hybridized carbons (Fsp3) is 0.670. The van der Waals surface area contributed by atoms with Crippen LogP contribution < -0.4 is 53.2 Å². The Morgan fingerprint density at radius 1 is 0.653 bits per heavy atom. The number of nitrogens with one attached hydrogen (secondary N) is 10. The van der Waals surface area contributed by atoms with Gasteiger partial charge in [0.2, 0.25) is 59.1 Å². The third kappa shape index (κ3) is 23.7. The van der Waals surface area contributed by atoms with E-state index in [2.05, 4.69) is 98.8 Å². The lowest BCUT2D eigenvalue weighted by molar-refractivity contribution is -0.149. The lowest BCUT2D eigenvalue weighted by atomic mass is 9.47. The van der Waals surface area contributed by atoms with E-state index in [0.29, 0.717) is 79.1 Å². The van der Waals surface area contributed by atoms with E-state index in [1.54, 1.807) is 71.8 Å². The van der Waals surface area contributed by atoms with Gasteiger partial charge in [-0.05, 0) is 206 Å². The summed E-state index contributed by atoms with van der Waals surface area (Å²) < 4.78 is 6.19. The summed E-state index contributed by atoms with van der Waals surface area (Å²) in [7, 11) is 3.93. The van der Waals surface area contributed by atoms with Gasteiger partial charge in [0.1, 0.15) is 60.5 Å². The number of unbranched alkanes of at least 4 members (excludes halogenated alkanes) is 1. The van der Waals surface area contributed by atoms with Crippen LogP contribution >= 0.6 is 21.6 Å². The third-order valence-electron chi connectivity index (χ3n) is 28.9. The zero-order chi connectivity index (χ0) is 88.5. The van der Waals surface area contributed by atoms with Gasteiger partial charge in [-0.3, -0.25) is 47.9 Å². The van der Waals surface area contributed by atoms with E-state index in [0.717, 1.165) is 77.5 Å². The van der Waals surface area contributed by atoms with Crippen molar-refractivity contribution in [2.24, 2.45) is 58.2 Å². The number of alkyl carbamates (subject to hydrolysis) is 1. The SMILES string of the molecule is CC(C)CCCC(C)C1CCC2C3CC=C4C[C@@H](OC(=O)NCCCCC5NC(=O)C(CC6=CNC7C=CC=CC67)NC(=O)C(Cc6ccccc6)NC(=O)C(NC(=O)C(Cc6ccccc6)NC(=O)C6CCCN6C(=O)C6CCCN6C(=O)C6CCCN(C)C6)CSSCC(C(=O)NC(CO)C(C)O)NC(=O)C(C(C)O)NC5=O)CCC4(C)C3CCC12C.